The minimum absolute atomic E-state index is 0.110. The summed E-state index contributed by atoms with van der Waals surface area (Å²) in [5, 5.41) is 12.4. The summed E-state index contributed by atoms with van der Waals surface area (Å²) in [5.74, 6) is -1.34. The molecule has 1 saturated heterocycles. The number of anilines is 2. The monoisotopic (exact) mass is 384 g/mol. The molecule has 1 atom stereocenters. The summed E-state index contributed by atoms with van der Waals surface area (Å²) in [6.07, 6.45) is -0.110. The molecule has 1 fully saturated rings. The zero-order chi connectivity index (χ0) is 20.1. The molecule has 0 bridgehead atoms. The van der Waals surface area contributed by atoms with Crippen LogP contribution in [-0.4, -0.2) is 56.5 Å². The van der Waals surface area contributed by atoms with E-state index in [4.69, 9.17) is 9.47 Å². The normalized spacial score (nSPS) is 16.4. The number of carbonyl (C=O) groups is 2. The van der Waals surface area contributed by atoms with Crippen molar-refractivity contribution in [3.8, 4) is 0 Å². The van der Waals surface area contributed by atoms with E-state index in [1.807, 2.05) is 31.0 Å². The van der Waals surface area contributed by atoms with Gasteiger partial charge in [0.05, 0.1) is 37.2 Å². The number of aromatic carboxylic acids is 1. The Morgan fingerprint density at radius 3 is 2.71 bits per heavy atom. The number of nitrogens with one attached hydrogen (secondary N) is 1. The fourth-order valence-corrected chi connectivity index (χ4v) is 3.15. The molecule has 3 rings (SSSR count). The number of likely N-dealkylation sites (N-methyl/N-ethyl adjacent to an activating group) is 1. The number of ether oxygens (including phenoxy) is 2. The van der Waals surface area contributed by atoms with Gasteiger partial charge in [0.15, 0.2) is 0 Å². The largest absolute Gasteiger partial charge is 0.478 e. The molecule has 7 heteroatoms. The Balaban J connectivity index is 1.76. The van der Waals surface area contributed by atoms with Gasteiger partial charge in [0.1, 0.15) is 0 Å². The lowest BCUT2D eigenvalue weighted by Gasteiger charge is -2.29. The summed E-state index contributed by atoms with van der Waals surface area (Å²) in [6.45, 7) is 4.02. The van der Waals surface area contributed by atoms with Crippen molar-refractivity contribution < 1.29 is 24.2 Å². The van der Waals surface area contributed by atoms with Crippen molar-refractivity contribution in [1.82, 2.24) is 0 Å². The molecule has 0 spiro atoms. The fraction of sp³-hybridized carbons (Fsp3) is 0.333. The molecule has 2 aromatic rings. The lowest BCUT2D eigenvalue weighted by atomic mass is 10.1. The average Bonchev–Trinajstić information content (AvgIpc) is 2.68. The number of nitrogens with zero attached hydrogens (tertiary/aromatic N) is 1. The van der Waals surface area contributed by atoms with Crippen LogP contribution in [0.2, 0.25) is 0 Å². The van der Waals surface area contributed by atoms with E-state index in [9.17, 15) is 14.7 Å². The lowest BCUT2D eigenvalue weighted by Crippen LogP contribution is -2.38. The number of benzene rings is 2. The Bertz CT molecular complexity index is 862. The second-order valence-corrected chi connectivity index (χ2v) is 6.81. The highest BCUT2D eigenvalue weighted by molar-refractivity contribution is 6.05. The molecule has 1 aliphatic heterocycles. The van der Waals surface area contributed by atoms with Crippen LogP contribution in [0.25, 0.3) is 0 Å². The van der Waals surface area contributed by atoms with Gasteiger partial charge >= 0.3 is 5.97 Å². The first-order valence-electron chi connectivity index (χ1n) is 9.10. The van der Waals surface area contributed by atoms with Crippen LogP contribution in [-0.2, 0) is 9.47 Å². The first-order chi connectivity index (χ1) is 13.4. The van der Waals surface area contributed by atoms with E-state index in [1.165, 1.54) is 6.07 Å². The van der Waals surface area contributed by atoms with Crippen molar-refractivity contribution >= 4 is 23.3 Å². The Morgan fingerprint density at radius 2 is 2.04 bits per heavy atom. The molecular formula is C21H24N2O5. The number of aryl methyl sites for hydroxylation is 1. The second kappa shape index (κ2) is 8.86. The van der Waals surface area contributed by atoms with Crippen LogP contribution in [0.15, 0.2) is 42.5 Å². The smallest absolute Gasteiger partial charge is 0.337 e. The molecule has 2 N–H and O–H groups in total. The van der Waals surface area contributed by atoms with Gasteiger partial charge in [-0.3, -0.25) is 4.79 Å². The van der Waals surface area contributed by atoms with E-state index in [-0.39, 0.29) is 17.6 Å². The minimum Gasteiger partial charge on any atom is -0.478 e. The van der Waals surface area contributed by atoms with E-state index in [1.54, 1.807) is 24.3 Å². The highest BCUT2D eigenvalue weighted by Gasteiger charge is 2.20. The topological polar surface area (TPSA) is 88.1 Å². The number of hydrogen-bond acceptors (Lipinski definition) is 5. The number of carboxylic acids is 1. The van der Waals surface area contributed by atoms with Gasteiger partial charge in [-0.2, -0.15) is 0 Å². The molecule has 0 aliphatic carbocycles. The van der Waals surface area contributed by atoms with Crippen LogP contribution in [0.4, 0.5) is 11.4 Å². The van der Waals surface area contributed by atoms with Gasteiger partial charge in [-0.25, -0.2) is 4.79 Å². The van der Waals surface area contributed by atoms with E-state index >= 15 is 0 Å². The minimum atomic E-state index is -1.06. The molecule has 1 aliphatic rings. The van der Waals surface area contributed by atoms with Crippen molar-refractivity contribution in [2.75, 3.05) is 43.6 Å². The highest BCUT2D eigenvalue weighted by Crippen LogP contribution is 2.25. The summed E-state index contributed by atoms with van der Waals surface area (Å²) < 4.78 is 11.0. The maximum absolute atomic E-state index is 12.4. The Morgan fingerprint density at radius 1 is 1.21 bits per heavy atom. The predicted octanol–water partition coefficient (Wildman–Crippen LogP) is 2.80. The van der Waals surface area contributed by atoms with Gasteiger partial charge in [-0.1, -0.05) is 17.7 Å². The Kier molecular flexibility index (Phi) is 6.28. The van der Waals surface area contributed by atoms with Crippen LogP contribution in [0.1, 0.15) is 26.3 Å². The third-order valence-corrected chi connectivity index (χ3v) is 4.54. The van der Waals surface area contributed by atoms with Gasteiger partial charge in [0, 0.05) is 24.8 Å². The van der Waals surface area contributed by atoms with E-state index < -0.39 is 5.97 Å². The fourth-order valence-electron chi connectivity index (χ4n) is 3.15. The maximum atomic E-state index is 12.4. The van der Waals surface area contributed by atoms with Crippen LogP contribution < -0.4 is 10.2 Å². The Labute approximate surface area is 163 Å². The predicted molar refractivity (Wildman–Crippen MR) is 106 cm³/mol. The van der Waals surface area contributed by atoms with E-state index in [2.05, 4.69) is 5.32 Å². The number of carboxylic acid groups (broad SMARTS) is 1. The quantitative estimate of drug-likeness (QED) is 0.796. The SMILES string of the molecule is Cc1cccc(C(=O)Nc2ccc(N(C)C[C@@H]3COCCO3)c(C(=O)O)c2)c1. The van der Waals surface area contributed by atoms with Crippen LogP contribution in [0, 0.1) is 6.92 Å². The molecule has 0 aromatic heterocycles. The highest BCUT2D eigenvalue weighted by atomic mass is 16.6. The first-order valence-corrected chi connectivity index (χ1v) is 9.10. The van der Waals surface area contributed by atoms with Crippen molar-refractivity contribution in [3.63, 3.8) is 0 Å². The molecule has 7 nitrogen and oxygen atoms in total. The molecule has 1 heterocycles. The average molecular weight is 384 g/mol. The zero-order valence-corrected chi connectivity index (χ0v) is 16.0. The van der Waals surface area contributed by atoms with Gasteiger partial charge in [0.2, 0.25) is 0 Å². The third-order valence-electron chi connectivity index (χ3n) is 4.54. The van der Waals surface area contributed by atoms with Crippen molar-refractivity contribution in [1.29, 1.82) is 0 Å². The maximum Gasteiger partial charge on any atom is 0.337 e. The summed E-state index contributed by atoms with van der Waals surface area (Å²) in [4.78, 5) is 26.0. The first kappa shape index (κ1) is 19.9. The molecule has 1 amide bonds. The summed E-state index contributed by atoms with van der Waals surface area (Å²) in [7, 11) is 1.81. The van der Waals surface area contributed by atoms with Gasteiger partial charge < -0.3 is 24.8 Å². The van der Waals surface area contributed by atoms with Gasteiger partial charge in [0.25, 0.3) is 5.91 Å². The van der Waals surface area contributed by atoms with Crippen molar-refractivity contribution in [2.45, 2.75) is 13.0 Å². The molecule has 28 heavy (non-hydrogen) atoms. The molecule has 0 unspecified atom stereocenters. The van der Waals surface area contributed by atoms with E-state index in [0.29, 0.717) is 43.3 Å². The van der Waals surface area contributed by atoms with Crippen LogP contribution in [0.5, 0.6) is 0 Å². The third kappa shape index (κ3) is 4.88. The van der Waals surface area contributed by atoms with Crippen molar-refractivity contribution in [3.05, 3.63) is 59.2 Å². The van der Waals surface area contributed by atoms with E-state index in [0.717, 1.165) is 5.56 Å². The molecule has 2 aromatic carbocycles. The van der Waals surface area contributed by atoms with Crippen LogP contribution >= 0.6 is 0 Å². The summed E-state index contributed by atoms with van der Waals surface area (Å²) >= 11 is 0. The summed E-state index contributed by atoms with van der Waals surface area (Å²) in [5.41, 5.74) is 2.59. The zero-order valence-electron chi connectivity index (χ0n) is 16.0. The van der Waals surface area contributed by atoms with Gasteiger partial charge in [-0.15, -0.1) is 0 Å². The van der Waals surface area contributed by atoms with Gasteiger partial charge in [-0.05, 0) is 37.3 Å². The number of hydrogen-bond donors (Lipinski definition) is 2. The number of amides is 1. The summed E-state index contributed by atoms with van der Waals surface area (Å²) in [6, 6.07) is 12.1. The number of rotatable bonds is 6. The Hall–Kier alpha value is -2.90. The molecule has 0 radical (unpaired) electrons. The second-order valence-electron chi connectivity index (χ2n) is 6.81. The molecule has 0 saturated carbocycles. The molecule has 148 valence electrons. The number of carbonyl (C=O) groups excluding carboxylic acids is 1. The lowest BCUT2D eigenvalue weighted by molar-refractivity contribution is -0.0837. The molecular weight excluding hydrogens is 360 g/mol. The standard InChI is InChI=1S/C21H24N2O5/c1-14-4-3-5-15(10-14)20(24)22-16-6-7-19(18(11-16)21(25)26)23(2)12-17-13-27-8-9-28-17/h3-7,10-11,17H,8-9,12-13H2,1-2H3,(H,22,24)(H,25,26)/t17-/m1/s1. The van der Waals surface area contributed by atoms with Crippen LogP contribution in [0.3, 0.4) is 0 Å². The van der Waals surface area contributed by atoms with Crippen molar-refractivity contribution in [2.24, 2.45) is 0 Å².